The Balaban J connectivity index is 2.23. The molecule has 110 valence electrons. The van der Waals surface area contributed by atoms with Crippen molar-refractivity contribution in [2.45, 2.75) is 13.3 Å². The van der Waals surface area contributed by atoms with E-state index in [1.54, 1.807) is 30.3 Å². The van der Waals surface area contributed by atoms with Gasteiger partial charge in [0.15, 0.2) is 0 Å². The van der Waals surface area contributed by atoms with Crippen molar-refractivity contribution >= 4 is 29.0 Å². The first-order valence-electron chi connectivity index (χ1n) is 6.44. The van der Waals surface area contributed by atoms with Crippen LogP contribution >= 0.6 is 11.6 Å². The Hall–Kier alpha value is -2.27. The Morgan fingerprint density at radius 2 is 2.14 bits per heavy atom. The van der Waals surface area contributed by atoms with Crippen LogP contribution in [0.1, 0.15) is 23.0 Å². The highest BCUT2D eigenvalue weighted by Crippen LogP contribution is 2.27. The minimum Gasteiger partial charge on any atom is -0.495 e. The summed E-state index contributed by atoms with van der Waals surface area (Å²) in [5.41, 5.74) is 7.53. The van der Waals surface area contributed by atoms with E-state index >= 15 is 0 Å². The Kier molecular flexibility index (Phi) is 4.65. The molecule has 0 aliphatic rings. The summed E-state index contributed by atoms with van der Waals surface area (Å²) in [6.07, 6.45) is 0.708. The number of nitrogens with two attached hydrogens (primary N) is 1. The van der Waals surface area contributed by atoms with Gasteiger partial charge in [0, 0.05) is 23.0 Å². The highest BCUT2D eigenvalue weighted by molar-refractivity contribution is 6.32. The first-order chi connectivity index (χ1) is 10.0. The van der Waals surface area contributed by atoms with E-state index in [9.17, 15) is 4.79 Å². The third-order valence-corrected chi connectivity index (χ3v) is 3.24. The molecular formula is C15H16ClN3O2. The Morgan fingerprint density at radius 1 is 1.38 bits per heavy atom. The molecule has 3 N–H and O–H groups in total. The van der Waals surface area contributed by atoms with Crippen LogP contribution < -0.4 is 15.8 Å². The summed E-state index contributed by atoms with van der Waals surface area (Å²) in [7, 11) is 1.52. The number of anilines is 2. The predicted octanol–water partition coefficient (Wildman–Crippen LogP) is 3.14. The van der Waals surface area contributed by atoms with E-state index in [0.717, 1.165) is 5.69 Å². The van der Waals surface area contributed by atoms with Crippen LogP contribution in [0.5, 0.6) is 5.75 Å². The van der Waals surface area contributed by atoms with E-state index in [0.29, 0.717) is 34.3 Å². The largest absolute Gasteiger partial charge is 0.495 e. The van der Waals surface area contributed by atoms with Gasteiger partial charge in [-0.1, -0.05) is 18.5 Å². The molecule has 6 heteroatoms. The highest BCUT2D eigenvalue weighted by atomic mass is 35.5. The summed E-state index contributed by atoms with van der Waals surface area (Å²) in [6.45, 7) is 1.95. The van der Waals surface area contributed by atoms with Crippen molar-refractivity contribution in [1.29, 1.82) is 0 Å². The fourth-order valence-electron chi connectivity index (χ4n) is 1.86. The van der Waals surface area contributed by atoms with E-state index in [1.807, 2.05) is 6.92 Å². The van der Waals surface area contributed by atoms with E-state index in [-0.39, 0.29) is 5.91 Å². The second-order valence-electron chi connectivity index (χ2n) is 4.43. The van der Waals surface area contributed by atoms with Gasteiger partial charge in [-0.3, -0.25) is 4.79 Å². The molecule has 1 aromatic carbocycles. The summed E-state index contributed by atoms with van der Waals surface area (Å²) in [5, 5.41) is 3.26. The topological polar surface area (TPSA) is 77.2 Å². The lowest BCUT2D eigenvalue weighted by Crippen LogP contribution is -2.13. The molecule has 1 aromatic heterocycles. The second-order valence-corrected chi connectivity index (χ2v) is 4.84. The van der Waals surface area contributed by atoms with Gasteiger partial charge in [-0.2, -0.15) is 0 Å². The average molecular weight is 306 g/mol. The molecule has 0 unspecified atom stereocenters. The lowest BCUT2D eigenvalue weighted by atomic mass is 10.1. The molecule has 0 fully saturated rings. The molecule has 0 bridgehead atoms. The van der Waals surface area contributed by atoms with Gasteiger partial charge in [-0.15, -0.1) is 0 Å². The molecule has 5 nitrogen and oxygen atoms in total. The molecule has 1 amide bonds. The number of pyridine rings is 1. The number of nitrogens with zero attached hydrogens (tertiary/aromatic N) is 1. The number of rotatable bonds is 4. The first kappa shape index (κ1) is 15.1. The Bertz CT molecular complexity index is 674. The number of aryl methyl sites for hydroxylation is 1. The number of nitrogen functional groups attached to an aromatic ring is 1. The number of amides is 1. The van der Waals surface area contributed by atoms with E-state index in [2.05, 4.69) is 10.3 Å². The van der Waals surface area contributed by atoms with Crippen LogP contribution in [0.15, 0.2) is 30.3 Å². The quantitative estimate of drug-likeness (QED) is 0.909. The van der Waals surface area contributed by atoms with Crippen LogP contribution in [0.4, 0.5) is 11.5 Å². The van der Waals surface area contributed by atoms with Crippen molar-refractivity contribution < 1.29 is 9.53 Å². The van der Waals surface area contributed by atoms with Crippen molar-refractivity contribution in [1.82, 2.24) is 4.98 Å². The van der Waals surface area contributed by atoms with Gasteiger partial charge in [0.05, 0.1) is 12.1 Å². The number of ether oxygens (including phenoxy) is 1. The summed E-state index contributed by atoms with van der Waals surface area (Å²) in [4.78, 5) is 16.4. The van der Waals surface area contributed by atoms with Gasteiger partial charge in [-0.25, -0.2) is 4.98 Å². The number of carbonyl (C=O) groups excluding carboxylic acids is 1. The molecule has 2 rings (SSSR count). The van der Waals surface area contributed by atoms with Gasteiger partial charge >= 0.3 is 0 Å². The molecule has 21 heavy (non-hydrogen) atoms. The molecule has 0 atom stereocenters. The molecular weight excluding hydrogens is 290 g/mol. The number of carbonyl (C=O) groups is 1. The van der Waals surface area contributed by atoms with E-state index in [1.165, 1.54) is 7.11 Å². The summed E-state index contributed by atoms with van der Waals surface area (Å²) in [6, 6.07) is 8.29. The SMILES string of the molecule is CCc1cc(C(=O)Nc2ccc(Cl)c(OC)c2)cc(N)n1. The zero-order valence-electron chi connectivity index (χ0n) is 11.8. The van der Waals surface area contributed by atoms with Gasteiger partial charge in [0.2, 0.25) is 0 Å². The van der Waals surface area contributed by atoms with Gasteiger partial charge in [-0.05, 0) is 30.7 Å². The molecule has 1 heterocycles. The van der Waals surface area contributed by atoms with Crippen LogP contribution in [0.25, 0.3) is 0 Å². The normalized spacial score (nSPS) is 10.2. The third-order valence-electron chi connectivity index (χ3n) is 2.93. The molecule has 0 radical (unpaired) electrons. The zero-order valence-corrected chi connectivity index (χ0v) is 12.6. The fourth-order valence-corrected chi connectivity index (χ4v) is 2.06. The lowest BCUT2D eigenvalue weighted by Gasteiger charge is -2.09. The number of benzene rings is 1. The molecule has 0 saturated heterocycles. The van der Waals surface area contributed by atoms with Crippen LogP contribution in [0, 0.1) is 0 Å². The molecule has 0 spiro atoms. The van der Waals surface area contributed by atoms with Crippen molar-refractivity contribution in [2.24, 2.45) is 0 Å². The van der Waals surface area contributed by atoms with Crippen molar-refractivity contribution in [3.8, 4) is 5.75 Å². The Morgan fingerprint density at radius 3 is 2.81 bits per heavy atom. The van der Waals surface area contributed by atoms with Gasteiger partial charge in [0.1, 0.15) is 11.6 Å². The lowest BCUT2D eigenvalue weighted by molar-refractivity contribution is 0.102. The monoisotopic (exact) mass is 305 g/mol. The number of nitrogens with one attached hydrogen (secondary N) is 1. The van der Waals surface area contributed by atoms with Crippen LogP contribution in [-0.4, -0.2) is 18.0 Å². The first-order valence-corrected chi connectivity index (χ1v) is 6.82. The Labute approximate surface area is 128 Å². The smallest absolute Gasteiger partial charge is 0.255 e. The minimum atomic E-state index is -0.261. The number of aromatic nitrogens is 1. The maximum atomic E-state index is 12.3. The van der Waals surface area contributed by atoms with E-state index in [4.69, 9.17) is 22.1 Å². The highest BCUT2D eigenvalue weighted by Gasteiger charge is 2.10. The molecule has 2 aromatic rings. The summed E-state index contributed by atoms with van der Waals surface area (Å²) >= 11 is 5.95. The predicted molar refractivity (Wildman–Crippen MR) is 84.0 cm³/mol. The second kappa shape index (κ2) is 6.45. The van der Waals surface area contributed by atoms with Crippen molar-refractivity contribution in [3.05, 3.63) is 46.6 Å². The minimum absolute atomic E-state index is 0.261. The fraction of sp³-hybridized carbons (Fsp3) is 0.200. The summed E-state index contributed by atoms with van der Waals surface area (Å²) < 4.78 is 5.12. The van der Waals surface area contributed by atoms with Crippen LogP contribution in [0.2, 0.25) is 5.02 Å². The maximum absolute atomic E-state index is 12.3. The third kappa shape index (κ3) is 3.64. The van der Waals surface area contributed by atoms with Gasteiger partial charge in [0.25, 0.3) is 5.91 Å². The molecule has 0 aliphatic heterocycles. The number of hydrogen-bond donors (Lipinski definition) is 2. The summed E-state index contributed by atoms with van der Waals surface area (Å²) in [5.74, 6) is 0.564. The number of halogens is 1. The number of hydrogen-bond acceptors (Lipinski definition) is 4. The van der Waals surface area contributed by atoms with E-state index < -0.39 is 0 Å². The molecule has 0 aliphatic carbocycles. The standard InChI is InChI=1S/C15H16ClN3O2/c1-3-10-6-9(7-14(17)18-10)15(20)19-11-4-5-12(16)13(8-11)21-2/h4-8H,3H2,1-2H3,(H2,17,18)(H,19,20). The average Bonchev–Trinajstić information content (AvgIpc) is 2.48. The van der Waals surface area contributed by atoms with Crippen molar-refractivity contribution in [2.75, 3.05) is 18.2 Å². The van der Waals surface area contributed by atoms with Crippen LogP contribution in [0.3, 0.4) is 0 Å². The molecule has 0 saturated carbocycles. The van der Waals surface area contributed by atoms with Crippen LogP contribution in [-0.2, 0) is 6.42 Å². The van der Waals surface area contributed by atoms with Gasteiger partial charge < -0.3 is 15.8 Å². The number of methoxy groups -OCH3 is 1. The maximum Gasteiger partial charge on any atom is 0.255 e. The zero-order chi connectivity index (χ0) is 15.4. The van der Waals surface area contributed by atoms with Crippen molar-refractivity contribution in [3.63, 3.8) is 0 Å².